The minimum atomic E-state index is -0.184. The Balaban J connectivity index is 1.90. The number of nitrogens with one attached hydrogen (secondary N) is 1. The zero-order valence-electron chi connectivity index (χ0n) is 14.8. The summed E-state index contributed by atoms with van der Waals surface area (Å²) in [5.74, 6) is 2.97. The standard InChI is InChI=1S/C19H33NO/c1-17(2,3)20-15-9-12-7-8-13-10-14(12)19(13,6)11-18(4,5)16(15)21/h12-15,20H,7-11H2,1-6H3. The van der Waals surface area contributed by atoms with Gasteiger partial charge in [0.15, 0.2) is 5.78 Å². The van der Waals surface area contributed by atoms with Crippen LogP contribution in [0.4, 0.5) is 0 Å². The smallest absolute Gasteiger partial charge is 0.155 e. The molecule has 5 atom stereocenters. The lowest BCUT2D eigenvalue weighted by Crippen LogP contribution is -2.62. The fourth-order valence-corrected chi connectivity index (χ4v) is 5.91. The van der Waals surface area contributed by atoms with Crippen molar-refractivity contribution < 1.29 is 4.79 Å². The fraction of sp³-hybridized carbons (Fsp3) is 0.947. The average molecular weight is 291 g/mol. The van der Waals surface area contributed by atoms with Gasteiger partial charge < -0.3 is 5.32 Å². The maximum absolute atomic E-state index is 13.1. The number of hydrogen-bond donors (Lipinski definition) is 1. The Morgan fingerprint density at radius 3 is 2.33 bits per heavy atom. The molecule has 2 heteroatoms. The molecule has 120 valence electrons. The molecule has 4 bridgehead atoms. The number of rotatable bonds is 1. The van der Waals surface area contributed by atoms with Gasteiger partial charge in [0.2, 0.25) is 0 Å². The van der Waals surface area contributed by atoms with E-state index in [4.69, 9.17) is 0 Å². The van der Waals surface area contributed by atoms with Gasteiger partial charge in [0.05, 0.1) is 6.04 Å². The van der Waals surface area contributed by atoms with Crippen LogP contribution < -0.4 is 5.32 Å². The van der Waals surface area contributed by atoms with E-state index in [0.717, 1.165) is 30.6 Å². The van der Waals surface area contributed by atoms with Crippen LogP contribution in [0.1, 0.15) is 73.6 Å². The highest BCUT2D eigenvalue weighted by Gasteiger charge is 2.60. The van der Waals surface area contributed by atoms with E-state index in [2.05, 4.69) is 46.9 Å². The molecule has 4 aliphatic carbocycles. The van der Waals surface area contributed by atoms with Crippen molar-refractivity contribution in [3.8, 4) is 0 Å². The largest absolute Gasteiger partial charge is 0.303 e. The minimum absolute atomic E-state index is 0.00965. The predicted molar refractivity (Wildman–Crippen MR) is 87.1 cm³/mol. The van der Waals surface area contributed by atoms with Crippen molar-refractivity contribution in [1.29, 1.82) is 0 Å². The molecule has 0 heterocycles. The van der Waals surface area contributed by atoms with Crippen LogP contribution in [0.5, 0.6) is 0 Å². The van der Waals surface area contributed by atoms with E-state index in [-0.39, 0.29) is 17.0 Å². The van der Waals surface area contributed by atoms with Crippen molar-refractivity contribution in [1.82, 2.24) is 5.32 Å². The monoisotopic (exact) mass is 291 g/mol. The maximum atomic E-state index is 13.1. The lowest BCUT2D eigenvalue weighted by molar-refractivity contribution is -0.165. The lowest BCUT2D eigenvalue weighted by Gasteiger charge is -2.65. The fourth-order valence-electron chi connectivity index (χ4n) is 5.91. The predicted octanol–water partition coefficient (Wildman–Crippen LogP) is 4.18. The van der Waals surface area contributed by atoms with E-state index in [1.807, 2.05) is 0 Å². The van der Waals surface area contributed by atoms with Crippen molar-refractivity contribution in [2.45, 2.75) is 85.2 Å². The van der Waals surface area contributed by atoms with Gasteiger partial charge in [-0.1, -0.05) is 20.8 Å². The summed E-state index contributed by atoms with van der Waals surface area (Å²) in [6.45, 7) is 13.4. The van der Waals surface area contributed by atoms with Gasteiger partial charge in [-0.05, 0) is 76.0 Å². The van der Waals surface area contributed by atoms with Crippen molar-refractivity contribution in [3.05, 3.63) is 0 Å². The Hall–Kier alpha value is -0.370. The maximum Gasteiger partial charge on any atom is 0.155 e. The van der Waals surface area contributed by atoms with E-state index in [9.17, 15) is 4.79 Å². The summed E-state index contributed by atoms with van der Waals surface area (Å²) in [6.07, 6.45) is 6.32. The number of carbonyl (C=O) groups is 1. The van der Waals surface area contributed by atoms with Gasteiger partial charge in [-0.15, -0.1) is 0 Å². The number of carbonyl (C=O) groups excluding carboxylic acids is 1. The summed E-state index contributed by atoms with van der Waals surface area (Å²) >= 11 is 0. The molecule has 21 heavy (non-hydrogen) atoms. The van der Waals surface area contributed by atoms with Crippen molar-refractivity contribution in [2.75, 3.05) is 0 Å². The van der Waals surface area contributed by atoms with Crippen LogP contribution in [-0.2, 0) is 4.79 Å². The van der Waals surface area contributed by atoms with E-state index < -0.39 is 0 Å². The third-order valence-electron chi connectivity index (χ3n) is 6.73. The molecule has 4 fully saturated rings. The van der Waals surface area contributed by atoms with Crippen LogP contribution in [0.2, 0.25) is 0 Å². The Morgan fingerprint density at radius 2 is 1.76 bits per heavy atom. The van der Waals surface area contributed by atoms with Gasteiger partial charge in [0, 0.05) is 11.0 Å². The van der Waals surface area contributed by atoms with E-state index in [1.54, 1.807) is 0 Å². The third-order valence-corrected chi connectivity index (χ3v) is 6.73. The first-order valence-electron chi connectivity index (χ1n) is 8.85. The molecule has 4 saturated carbocycles. The molecule has 0 amide bonds. The Labute approximate surface area is 130 Å². The van der Waals surface area contributed by atoms with Crippen LogP contribution in [0.15, 0.2) is 0 Å². The second kappa shape index (κ2) is 4.57. The van der Waals surface area contributed by atoms with Crippen molar-refractivity contribution >= 4 is 5.78 Å². The topological polar surface area (TPSA) is 29.1 Å². The lowest BCUT2D eigenvalue weighted by atomic mass is 9.40. The van der Waals surface area contributed by atoms with E-state index in [0.29, 0.717) is 11.2 Å². The highest BCUT2D eigenvalue weighted by atomic mass is 16.1. The normalized spacial score (nSPS) is 45.5. The zero-order valence-corrected chi connectivity index (χ0v) is 14.8. The van der Waals surface area contributed by atoms with Crippen LogP contribution in [-0.4, -0.2) is 17.4 Å². The van der Waals surface area contributed by atoms with Gasteiger partial charge in [-0.3, -0.25) is 4.79 Å². The Bertz CT molecular complexity index is 445. The Kier molecular flexibility index (Phi) is 3.37. The Morgan fingerprint density at radius 1 is 1.10 bits per heavy atom. The molecule has 1 N–H and O–H groups in total. The average Bonchev–Trinajstić information content (AvgIpc) is 2.34. The first-order valence-corrected chi connectivity index (χ1v) is 8.85. The molecular weight excluding hydrogens is 258 g/mol. The highest BCUT2D eigenvalue weighted by molar-refractivity contribution is 5.89. The summed E-state index contributed by atoms with van der Waals surface area (Å²) < 4.78 is 0. The number of hydrogen-bond acceptors (Lipinski definition) is 2. The summed E-state index contributed by atoms with van der Waals surface area (Å²) in [7, 11) is 0. The van der Waals surface area contributed by atoms with Gasteiger partial charge in [-0.2, -0.15) is 0 Å². The quantitative estimate of drug-likeness (QED) is 0.785. The molecular formula is C19H33NO. The highest BCUT2D eigenvalue weighted by Crippen LogP contribution is 2.66. The number of fused-ring (bicyclic) bond motifs is 1. The van der Waals surface area contributed by atoms with Gasteiger partial charge in [-0.25, -0.2) is 0 Å². The first kappa shape index (κ1) is 15.5. The van der Waals surface area contributed by atoms with E-state index >= 15 is 0 Å². The van der Waals surface area contributed by atoms with E-state index in [1.165, 1.54) is 19.3 Å². The molecule has 4 rings (SSSR count). The van der Waals surface area contributed by atoms with Crippen LogP contribution in [0.25, 0.3) is 0 Å². The molecule has 4 aliphatic rings. The molecule has 2 nitrogen and oxygen atoms in total. The summed E-state index contributed by atoms with van der Waals surface area (Å²) in [6, 6.07) is 0.0479. The molecule has 0 aromatic carbocycles. The molecule has 0 aromatic rings. The molecule has 0 saturated heterocycles. The van der Waals surface area contributed by atoms with Crippen LogP contribution in [0, 0.1) is 28.6 Å². The zero-order chi connectivity index (χ0) is 15.6. The molecule has 0 radical (unpaired) electrons. The number of Topliss-reactive ketones (excluding diaryl/α,β-unsaturated/α-hetero) is 1. The summed E-state index contributed by atoms with van der Waals surface area (Å²) in [5.41, 5.74) is 0.265. The summed E-state index contributed by atoms with van der Waals surface area (Å²) in [4.78, 5) is 13.1. The SMILES string of the molecule is CC(C)(C)NC1CC2CCC3CC2C3(C)CC(C)(C)C1=O. The summed E-state index contributed by atoms with van der Waals surface area (Å²) in [5, 5.41) is 3.64. The van der Waals surface area contributed by atoms with Gasteiger partial charge >= 0.3 is 0 Å². The molecule has 5 unspecified atom stereocenters. The number of ketones is 1. The van der Waals surface area contributed by atoms with Crippen molar-refractivity contribution in [2.24, 2.45) is 28.6 Å². The second-order valence-electron chi connectivity index (χ2n) is 9.99. The van der Waals surface area contributed by atoms with Crippen molar-refractivity contribution in [3.63, 3.8) is 0 Å². The van der Waals surface area contributed by atoms with Crippen LogP contribution in [0.3, 0.4) is 0 Å². The van der Waals surface area contributed by atoms with Crippen LogP contribution >= 0.6 is 0 Å². The molecule has 0 spiro atoms. The molecule has 0 aliphatic heterocycles. The van der Waals surface area contributed by atoms with Gasteiger partial charge in [0.25, 0.3) is 0 Å². The second-order valence-corrected chi connectivity index (χ2v) is 9.99. The third kappa shape index (κ3) is 2.48. The molecule has 0 aromatic heterocycles. The van der Waals surface area contributed by atoms with Gasteiger partial charge in [0.1, 0.15) is 0 Å². The first-order chi connectivity index (χ1) is 9.53. The minimum Gasteiger partial charge on any atom is -0.303 e.